The number of carbonyl (C=O) groups excluding carboxylic acids is 1. The average molecular weight is 331 g/mol. The molecule has 0 spiro atoms. The van der Waals surface area contributed by atoms with Crippen molar-refractivity contribution < 1.29 is 4.79 Å². The third kappa shape index (κ3) is 3.31. The number of aromatic amines is 2. The molecule has 7 nitrogen and oxygen atoms in total. The number of aromatic nitrogens is 4. The minimum Gasteiger partial charge on any atom is -0.326 e. The molecular weight excluding hydrogens is 314 g/mol. The van der Waals surface area contributed by atoms with Crippen molar-refractivity contribution in [3.8, 4) is 0 Å². The Hall–Kier alpha value is -2.48. The molecule has 23 heavy (non-hydrogen) atoms. The molecule has 8 heteroatoms. The van der Waals surface area contributed by atoms with E-state index in [4.69, 9.17) is 0 Å². The number of thioether (sulfide) groups is 1. The molecule has 3 aromatic rings. The minimum atomic E-state index is -0.288. The van der Waals surface area contributed by atoms with Gasteiger partial charge in [-0.3, -0.25) is 4.79 Å². The number of aryl methyl sites for hydroxylation is 1. The number of nitrogens with zero attached hydrogens (tertiary/aromatic N) is 2. The number of benzene rings is 1. The predicted octanol–water partition coefficient (Wildman–Crippen LogP) is 2.19. The van der Waals surface area contributed by atoms with Crippen molar-refractivity contribution >= 4 is 34.4 Å². The van der Waals surface area contributed by atoms with Crippen LogP contribution in [-0.2, 0) is 11.3 Å². The second kappa shape index (κ2) is 6.33. The third-order valence-corrected chi connectivity index (χ3v) is 4.57. The lowest BCUT2D eigenvalue weighted by atomic mass is 10.2. The van der Waals surface area contributed by atoms with E-state index in [1.54, 1.807) is 24.4 Å². The van der Waals surface area contributed by atoms with Gasteiger partial charge in [0.2, 0.25) is 5.91 Å². The molecule has 0 aliphatic heterocycles. The number of imidazole rings is 2. The number of carbonyl (C=O) groups is 1. The second-order valence-electron chi connectivity index (χ2n) is 5.08. The number of fused-ring (bicyclic) bond motifs is 1. The Kier molecular flexibility index (Phi) is 4.24. The number of H-pyrrole nitrogens is 2. The van der Waals surface area contributed by atoms with Crippen LogP contribution in [0.15, 0.2) is 40.5 Å². The van der Waals surface area contributed by atoms with Gasteiger partial charge in [-0.15, -0.1) is 0 Å². The highest BCUT2D eigenvalue weighted by atomic mass is 32.2. The van der Waals surface area contributed by atoms with Gasteiger partial charge in [0.15, 0.2) is 5.16 Å². The topological polar surface area (TPSA) is 95.6 Å². The molecule has 0 fully saturated rings. The van der Waals surface area contributed by atoms with E-state index in [-0.39, 0.29) is 16.8 Å². The van der Waals surface area contributed by atoms with E-state index in [1.807, 2.05) is 24.6 Å². The fourth-order valence-corrected chi connectivity index (χ4v) is 3.15. The first-order valence-electron chi connectivity index (χ1n) is 7.27. The fraction of sp³-hybridized carbons (Fsp3) is 0.267. The maximum atomic E-state index is 12.3. The molecule has 2 aromatic heterocycles. The van der Waals surface area contributed by atoms with Gasteiger partial charge in [0.1, 0.15) is 0 Å². The molecule has 1 amide bonds. The van der Waals surface area contributed by atoms with Crippen molar-refractivity contribution in [3.05, 3.63) is 41.1 Å². The molecule has 3 rings (SSSR count). The maximum Gasteiger partial charge on any atom is 0.323 e. The third-order valence-electron chi connectivity index (χ3n) is 3.45. The monoisotopic (exact) mass is 331 g/mol. The summed E-state index contributed by atoms with van der Waals surface area (Å²) in [5.41, 5.74) is 1.75. The SMILES string of the molecule is CCn1ccnc1SC(C)C(=O)Nc1ccc2[nH]c(=O)[nH]c2c1. The normalized spacial score (nSPS) is 12.4. The van der Waals surface area contributed by atoms with Crippen molar-refractivity contribution in [3.63, 3.8) is 0 Å². The van der Waals surface area contributed by atoms with Crippen LogP contribution in [0, 0.1) is 0 Å². The van der Waals surface area contributed by atoms with E-state index in [0.717, 1.165) is 11.7 Å². The Bertz CT molecular complexity index is 895. The molecule has 0 bridgehead atoms. The fourth-order valence-electron chi connectivity index (χ4n) is 2.22. The van der Waals surface area contributed by atoms with Gasteiger partial charge in [0.05, 0.1) is 16.3 Å². The summed E-state index contributed by atoms with van der Waals surface area (Å²) in [6.45, 7) is 4.68. The predicted molar refractivity (Wildman–Crippen MR) is 90.8 cm³/mol. The molecule has 0 aliphatic carbocycles. The van der Waals surface area contributed by atoms with Gasteiger partial charge in [-0.25, -0.2) is 9.78 Å². The van der Waals surface area contributed by atoms with E-state index in [0.29, 0.717) is 16.7 Å². The summed E-state index contributed by atoms with van der Waals surface area (Å²) >= 11 is 1.41. The first kappa shape index (κ1) is 15.4. The van der Waals surface area contributed by atoms with Crippen LogP contribution in [0.4, 0.5) is 5.69 Å². The zero-order valence-electron chi connectivity index (χ0n) is 12.8. The van der Waals surface area contributed by atoms with Crippen LogP contribution in [0.25, 0.3) is 11.0 Å². The van der Waals surface area contributed by atoms with Crippen molar-refractivity contribution in [1.82, 2.24) is 19.5 Å². The maximum absolute atomic E-state index is 12.3. The number of hydrogen-bond acceptors (Lipinski definition) is 4. The Morgan fingerprint density at radius 2 is 2.17 bits per heavy atom. The van der Waals surface area contributed by atoms with Crippen molar-refractivity contribution in [2.75, 3.05) is 5.32 Å². The molecule has 120 valence electrons. The van der Waals surface area contributed by atoms with Gasteiger partial charge in [0, 0.05) is 24.6 Å². The number of amides is 1. The quantitative estimate of drug-likeness (QED) is 0.625. The van der Waals surface area contributed by atoms with Crippen LogP contribution in [0.3, 0.4) is 0 Å². The summed E-state index contributed by atoms with van der Waals surface area (Å²) in [6, 6.07) is 5.24. The first-order valence-corrected chi connectivity index (χ1v) is 8.15. The molecule has 0 aliphatic rings. The van der Waals surface area contributed by atoms with Gasteiger partial charge in [-0.1, -0.05) is 11.8 Å². The average Bonchev–Trinajstić information content (AvgIpc) is 3.11. The van der Waals surface area contributed by atoms with Crippen LogP contribution in [0.5, 0.6) is 0 Å². The molecule has 0 saturated carbocycles. The van der Waals surface area contributed by atoms with Crippen molar-refractivity contribution in [1.29, 1.82) is 0 Å². The second-order valence-corrected chi connectivity index (χ2v) is 6.39. The summed E-state index contributed by atoms with van der Waals surface area (Å²) in [5.74, 6) is -0.113. The number of anilines is 1. The van der Waals surface area contributed by atoms with Gasteiger partial charge in [0.25, 0.3) is 0 Å². The van der Waals surface area contributed by atoms with E-state index in [1.165, 1.54) is 11.8 Å². The van der Waals surface area contributed by atoms with E-state index < -0.39 is 0 Å². The highest BCUT2D eigenvalue weighted by Gasteiger charge is 2.17. The highest BCUT2D eigenvalue weighted by Crippen LogP contribution is 2.23. The molecule has 1 aromatic carbocycles. The molecule has 1 atom stereocenters. The molecule has 0 radical (unpaired) electrons. The summed E-state index contributed by atoms with van der Waals surface area (Å²) < 4.78 is 1.99. The lowest BCUT2D eigenvalue weighted by Crippen LogP contribution is -2.22. The lowest BCUT2D eigenvalue weighted by Gasteiger charge is -2.12. The van der Waals surface area contributed by atoms with Crippen LogP contribution < -0.4 is 11.0 Å². The Morgan fingerprint density at radius 1 is 1.39 bits per heavy atom. The zero-order valence-corrected chi connectivity index (χ0v) is 13.6. The first-order chi connectivity index (χ1) is 11.1. The molecular formula is C15H17N5O2S. The largest absolute Gasteiger partial charge is 0.326 e. The summed E-state index contributed by atoms with van der Waals surface area (Å²) in [4.78, 5) is 33.2. The van der Waals surface area contributed by atoms with Crippen LogP contribution in [-0.4, -0.2) is 30.7 Å². The van der Waals surface area contributed by atoms with Crippen LogP contribution in [0.1, 0.15) is 13.8 Å². The lowest BCUT2D eigenvalue weighted by molar-refractivity contribution is -0.115. The minimum absolute atomic E-state index is 0.113. The molecule has 1 unspecified atom stereocenters. The molecule has 3 N–H and O–H groups in total. The molecule has 2 heterocycles. The highest BCUT2D eigenvalue weighted by molar-refractivity contribution is 8.00. The van der Waals surface area contributed by atoms with Gasteiger partial charge >= 0.3 is 5.69 Å². The smallest absolute Gasteiger partial charge is 0.323 e. The number of rotatable bonds is 5. The summed E-state index contributed by atoms with van der Waals surface area (Å²) in [6.07, 6.45) is 3.62. The van der Waals surface area contributed by atoms with Crippen molar-refractivity contribution in [2.24, 2.45) is 0 Å². The zero-order chi connectivity index (χ0) is 16.4. The van der Waals surface area contributed by atoms with Crippen molar-refractivity contribution in [2.45, 2.75) is 30.8 Å². The van der Waals surface area contributed by atoms with E-state index in [9.17, 15) is 9.59 Å². The number of hydrogen-bond donors (Lipinski definition) is 3. The Balaban J connectivity index is 1.70. The van der Waals surface area contributed by atoms with Gasteiger partial charge in [-0.05, 0) is 32.0 Å². The number of nitrogens with one attached hydrogen (secondary N) is 3. The Labute approximate surface area is 136 Å². The van der Waals surface area contributed by atoms with Gasteiger partial charge in [-0.2, -0.15) is 0 Å². The Morgan fingerprint density at radius 3 is 2.96 bits per heavy atom. The van der Waals surface area contributed by atoms with Gasteiger partial charge < -0.3 is 19.9 Å². The van der Waals surface area contributed by atoms with Crippen LogP contribution >= 0.6 is 11.8 Å². The van der Waals surface area contributed by atoms with E-state index in [2.05, 4.69) is 20.3 Å². The summed E-state index contributed by atoms with van der Waals surface area (Å²) in [7, 11) is 0. The van der Waals surface area contributed by atoms with E-state index >= 15 is 0 Å². The summed E-state index contributed by atoms with van der Waals surface area (Å²) in [5, 5.41) is 3.39. The van der Waals surface area contributed by atoms with Crippen LogP contribution in [0.2, 0.25) is 0 Å². The standard InChI is InChI=1S/C15H17N5O2S/c1-3-20-7-6-16-15(20)23-9(2)13(21)17-10-4-5-11-12(8-10)19-14(22)18-11/h4-9H,3H2,1-2H3,(H,17,21)(H2,18,19,22). The molecule has 0 saturated heterocycles.